The number of piperidine rings is 1. The van der Waals surface area contributed by atoms with Crippen molar-refractivity contribution in [2.75, 3.05) is 33.7 Å². The molecule has 0 aromatic heterocycles. The zero-order chi connectivity index (χ0) is 17.6. The number of hydrogen-bond donors (Lipinski definition) is 1. The summed E-state index contributed by atoms with van der Waals surface area (Å²) in [7, 11) is 4.42. The molecular weight excluding hydrogens is 310 g/mol. The maximum atomic E-state index is 12.7. The molecule has 4 heteroatoms. The molecule has 2 fully saturated rings. The number of hydrogen-bond acceptors (Lipinski definition) is 3. The average molecular weight is 344 g/mol. The van der Waals surface area contributed by atoms with Gasteiger partial charge in [-0.25, -0.2) is 0 Å². The Hall–Kier alpha value is -1.39. The molecule has 1 heterocycles. The number of rotatable bonds is 6. The van der Waals surface area contributed by atoms with Crippen LogP contribution in [0.5, 0.6) is 0 Å². The first kappa shape index (κ1) is 18.4. The highest BCUT2D eigenvalue weighted by Crippen LogP contribution is 2.26. The maximum Gasteiger partial charge on any atom is 0.223 e. The molecule has 1 saturated carbocycles. The van der Waals surface area contributed by atoms with Crippen molar-refractivity contribution in [3.8, 4) is 0 Å². The van der Waals surface area contributed by atoms with Gasteiger partial charge in [-0.2, -0.15) is 0 Å². The van der Waals surface area contributed by atoms with Crippen LogP contribution in [-0.4, -0.2) is 55.5 Å². The quantitative estimate of drug-likeness (QED) is 0.862. The van der Waals surface area contributed by atoms with E-state index in [1.807, 2.05) is 6.07 Å². The van der Waals surface area contributed by atoms with Gasteiger partial charge in [-0.15, -0.1) is 0 Å². The van der Waals surface area contributed by atoms with Crippen molar-refractivity contribution in [1.82, 2.24) is 15.1 Å². The number of carbonyl (C=O) groups is 1. The first-order valence-electron chi connectivity index (χ1n) is 9.87. The minimum absolute atomic E-state index is 0.0824. The molecule has 2 aliphatic rings. The fourth-order valence-corrected chi connectivity index (χ4v) is 4.27. The topological polar surface area (TPSA) is 35.6 Å². The number of carbonyl (C=O) groups excluding carboxylic acids is 1. The van der Waals surface area contributed by atoms with Gasteiger partial charge in [0.25, 0.3) is 0 Å². The van der Waals surface area contributed by atoms with Gasteiger partial charge in [0.1, 0.15) is 0 Å². The van der Waals surface area contributed by atoms with Gasteiger partial charge < -0.3 is 15.1 Å². The number of likely N-dealkylation sites (N-methyl/N-ethyl adjacent to an activating group) is 1. The highest BCUT2D eigenvalue weighted by atomic mass is 16.2. The zero-order valence-corrected chi connectivity index (χ0v) is 15.8. The standard InChI is InChI=1S/C21H33N3O/c1-23-14-12-19(13-15-23)24(2)16-20(17-8-4-3-5-9-17)22-21(25)18-10-6-7-11-18/h3-5,8-9,18-20H,6-7,10-16H2,1-2H3,(H,22,25)/t20-/m1/s1. The third-order valence-corrected chi connectivity index (χ3v) is 6.03. The number of nitrogens with one attached hydrogen (secondary N) is 1. The van der Waals surface area contributed by atoms with E-state index in [0.29, 0.717) is 6.04 Å². The fraction of sp³-hybridized carbons (Fsp3) is 0.667. The molecule has 1 saturated heterocycles. The summed E-state index contributed by atoms with van der Waals surface area (Å²) >= 11 is 0. The Kier molecular flexibility index (Phi) is 6.49. The van der Waals surface area contributed by atoms with Crippen molar-refractivity contribution in [3.63, 3.8) is 0 Å². The Balaban J connectivity index is 1.64. The second-order valence-electron chi connectivity index (χ2n) is 7.93. The number of benzene rings is 1. The normalized spacial score (nSPS) is 21.6. The molecule has 25 heavy (non-hydrogen) atoms. The Labute approximate surface area is 152 Å². The van der Waals surface area contributed by atoms with Gasteiger partial charge in [0, 0.05) is 18.5 Å². The molecule has 138 valence electrons. The van der Waals surface area contributed by atoms with E-state index in [9.17, 15) is 4.79 Å². The van der Waals surface area contributed by atoms with Crippen molar-refractivity contribution in [2.24, 2.45) is 5.92 Å². The van der Waals surface area contributed by atoms with E-state index < -0.39 is 0 Å². The summed E-state index contributed by atoms with van der Waals surface area (Å²) in [6, 6.07) is 11.2. The highest BCUT2D eigenvalue weighted by Gasteiger charge is 2.27. The number of nitrogens with zero attached hydrogens (tertiary/aromatic N) is 2. The minimum Gasteiger partial charge on any atom is -0.348 e. The molecule has 1 aromatic carbocycles. The van der Waals surface area contributed by atoms with Crippen molar-refractivity contribution in [3.05, 3.63) is 35.9 Å². The Bertz CT molecular complexity index is 533. The average Bonchev–Trinajstić information content (AvgIpc) is 3.17. The highest BCUT2D eigenvalue weighted by molar-refractivity contribution is 5.79. The molecule has 3 rings (SSSR count). The molecule has 1 atom stereocenters. The second kappa shape index (κ2) is 8.81. The maximum absolute atomic E-state index is 12.7. The fourth-order valence-electron chi connectivity index (χ4n) is 4.27. The first-order chi connectivity index (χ1) is 12.1. The van der Waals surface area contributed by atoms with Crippen LogP contribution in [0, 0.1) is 5.92 Å². The van der Waals surface area contributed by atoms with Crippen LogP contribution in [0.3, 0.4) is 0 Å². The van der Waals surface area contributed by atoms with Crippen molar-refractivity contribution in [1.29, 1.82) is 0 Å². The summed E-state index contributed by atoms with van der Waals surface area (Å²) in [5.41, 5.74) is 1.22. The summed E-state index contributed by atoms with van der Waals surface area (Å²) in [6.07, 6.45) is 6.93. The van der Waals surface area contributed by atoms with Gasteiger partial charge in [0.15, 0.2) is 0 Å². The third-order valence-electron chi connectivity index (χ3n) is 6.03. The van der Waals surface area contributed by atoms with Crippen LogP contribution in [-0.2, 0) is 4.79 Å². The minimum atomic E-state index is 0.0824. The molecule has 1 amide bonds. The van der Waals surface area contributed by atoms with Crippen molar-refractivity contribution >= 4 is 5.91 Å². The lowest BCUT2D eigenvalue weighted by molar-refractivity contribution is -0.125. The van der Waals surface area contributed by atoms with Gasteiger partial charge in [-0.1, -0.05) is 43.2 Å². The Morgan fingerprint density at radius 3 is 2.44 bits per heavy atom. The molecule has 1 aromatic rings. The number of amides is 1. The van der Waals surface area contributed by atoms with E-state index in [0.717, 1.165) is 19.4 Å². The van der Waals surface area contributed by atoms with E-state index in [4.69, 9.17) is 0 Å². The van der Waals surface area contributed by atoms with Crippen molar-refractivity contribution < 1.29 is 4.79 Å². The van der Waals surface area contributed by atoms with Crippen LogP contribution < -0.4 is 5.32 Å². The molecule has 1 aliphatic carbocycles. The van der Waals surface area contributed by atoms with Gasteiger partial charge in [0.2, 0.25) is 5.91 Å². The third kappa shape index (κ3) is 5.05. The van der Waals surface area contributed by atoms with Gasteiger partial charge in [-0.3, -0.25) is 4.79 Å². The molecule has 4 nitrogen and oxygen atoms in total. The first-order valence-corrected chi connectivity index (χ1v) is 9.87. The lowest BCUT2D eigenvalue weighted by atomic mass is 10.0. The zero-order valence-electron chi connectivity index (χ0n) is 15.8. The Morgan fingerprint density at radius 1 is 1.16 bits per heavy atom. The summed E-state index contributed by atoms with van der Waals surface area (Å²) < 4.78 is 0. The lowest BCUT2D eigenvalue weighted by Crippen LogP contribution is -2.46. The smallest absolute Gasteiger partial charge is 0.223 e. The van der Waals surface area contributed by atoms with Crippen LogP contribution in [0.1, 0.15) is 50.1 Å². The van der Waals surface area contributed by atoms with Gasteiger partial charge in [-0.05, 0) is 58.4 Å². The monoisotopic (exact) mass is 343 g/mol. The van der Waals surface area contributed by atoms with E-state index in [2.05, 4.69) is 53.5 Å². The van der Waals surface area contributed by atoms with Crippen molar-refractivity contribution in [2.45, 2.75) is 50.6 Å². The predicted octanol–water partition coefficient (Wildman–Crippen LogP) is 3.06. The molecular formula is C21H33N3O. The van der Waals surface area contributed by atoms with Crippen LogP contribution in [0.25, 0.3) is 0 Å². The second-order valence-corrected chi connectivity index (χ2v) is 7.93. The van der Waals surface area contributed by atoms with Crippen LogP contribution in [0.4, 0.5) is 0 Å². The van der Waals surface area contributed by atoms with Crippen LogP contribution >= 0.6 is 0 Å². The van der Waals surface area contributed by atoms with Crippen LogP contribution in [0.2, 0.25) is 0 Å². The molecule has 0 spiro atoms. The molecule has 1 N–H and O–H groups in total. The SMILES string of the molecule is CN1CCC(N(C)C[C@@H](NC(=O)C2CCCC2)c2ccccc2)CC1. The molecule has 0 bridgehead atoms. The molecule has 1 aliphatic heterocycles. The summed E-state index contributed by atoms with van der Waals surface area (Å²) in [4.78, 5) is 17.6. The lowest BCUT2D eigenvalue weighted by Gasteiger charge is -2.37. The van der Waals surface area contributed by atoms with Crippen LogP contribution in [0.15, 0.2) is 30.3 Å². The summed E-state index contributed by atoms with van der Waals surface area (Å²) in [6.45, 7) is 3.22. The van der Waals surface area contributed by atoms with E-state index in [1.165, 1.54) is 44.3 Å². The summed E-state index contributed by atoms with van der Waals surface area (Å²) in [5.74, 6) is 0.475. The molecule has 0 unspecified atom stereocenters. The molecule has 0 radical (unpaired) electrons. The number of likely N-dealkylation sites (tertiary alicyclic amines) is 1. The van der Waals surface area contributed by atoms with E-state index in [1.54, 1.807) is 0 Å². The Morgan fingerprint density at radius 2 is 1.80 bits per heavy atom. The largest absolute Gasteiger partial charge is 0.348 e. The predicted molar refractivity (Wildman–Crippen MR) is 102 cm³/mol. The van der Waals surface area contributed by atoms with Gasteiger partial charge in [0.05, 0.1) is 6.04 Å². The van der Waals surface area contributed by atoms with E-state index in [-0.39, 0.29) is 17.9 Å². The summed E-state index contributed by atoms with van der Waals surface area (Å²) in [5, 5.41) is 3.36. The van der Waals surface area contributed by atoms with E-state index >= 15 is 0 Å². The van der Waals surface area contributed by atoms with Gasteiger partial charge >= 0.3 is 0 Å².